The maximum Gasteiger partial charge on any atom is 0.219 e. The highest BCUT2D eigenvalue weighted by molar-refractivity contribution is 5.73. The molecule has 0 aromatic heterocycles. The molecule has 0 saturated heterocycles. The predicted octanol–water partition coefficient (Wildman–Crippen LogP) is 0.823. The Morgan fingerprint density at radius 1 is 1.13 bits per heavy atom. The first-order valence-corrected chi connectivity index (χ1v) is 5.62. The molecule has 4 heteroatoms. The molecule has 0 aliphatic rings. The Bertz CT molecular complexity index is 170. The van der Waals surface area contributed by atoms with Gasteiger partial charge in [-0.1, -0.05) is 13.8 Å². The minimum absolute atomic E-state index is 0.124. The van der Waals surface area contributed by atoms with Gasteiger partial charge in [-0.2, -0.15) is 0 Å². The fourth-order valence-electron chi connectivity index (χ4n) is 1.43. The average molecular weight is 216 g/mol. The Morgan fingerprint density at radius 2 is 1.73 bits per heavy atom. The van der Waals surface area contributed by atoms with E-state index in [0.717, 1.165) is 26.2 Å². The largest absolute Gasteiger partial charge is 0.383 e. The predicted molar refractivity (Wildman–Crippen MR) is 61.9 cm³/mol. The quantitative estimate of drug-likeness (QED) is 0.602. The second-order valence-corrected chi connectivity index (χ2v) is 3.53. The fraction of sp³-hybridized carbons (Fsp3) is 0.909. The Balaban J connectivity index is 3.89. The second-order valence-electron chi connectivity index (χ2n) is 3.53. The van der Waals surface area contributed by atoms with Crippen LogP contribution >= 0.6 is 0 Å². The molecule has 0 aliphatic carbocycles. The fourth-order valence-corrected chi connectivity index (χ4v) is 1.43. The molecule has 0 aromatic rings. The van der Waals surface area contributed by atoms with Crippen molar-refractivity contribution < 1.29 is 9.53 Å². The van der Waals surface area contributed by atoms with Gasteiger partial charge in [0, 0.05) is 33.7 Å². The molecule has 0 bridgehead atoms. The van der Waals surface area contributed by atoms with E-state index in [1.807, 2.05) is 4.90 Å². The van der Waals surface area contributed by atoms with Crippen LogP contribution in [0.3, 0.4) is 0 Å². The van der Waals surface area contributed by atoms with E-state index in [9.17, 15) is 4.79 Å². The number of ether oxygens (including phenoxy) is 1. The third-order valence-corrected chi connectivity index (χ3v) is 2.59. The van der Waals surface area contributed by atoms with Crippen LogP contribution in [-0.4, -0.2) is 62.1 Å². The summed E-state index contributed by atoms with van der Waals surface area (Å²) in [5, 5.41) is 0. The lowest BCUT2D eigenvalue weighted by molar-refractivity contribution is -0.129. The summed E-state index contributed by atoms with van der Waals surface area (Å²) in [6.45, 7) is 11.0. The summed E-state index contributed by atoms with van der Waals surface area (Å²) in [6.07, 6.45) is 0. The Morgan fingerprint density at radius 3 is 2.13 bits per heavy atom. The van der Waals surface area contributed by atoms with Gasteiger partial charge >= 0.3 is 0 Å². The molecule has 0 aliphatic heterocycles. The smallest absolute Gasteiger partial charge is 0.219 e. The number of likely N-dealkylation sites (N-methyl/N-ethyl adjacent to an activating group) is 1. The van der Waals surface area contributed by atoms with Crippen molar-refractivity contribution in [2.24, 2.45) is 0 Å². The molecular weight excluding hydrogens is 192 g/mol. The van der Waals surface area contributed by atoms with E-state index in [-0.39, 0.29) is 5.91 Å². The minimum atomic E-state index is 0.124. The molecule has 0 N–H and O–H groups in total. The zero-order valence-electron chi connectivity index (χ0n) is 10.5. The van der Waals surface area contributed by atoms with Gasteiger partial charge in [0.25, 0.3) is 0 Å². The zero-order valence-corrected chi connectivity index (χ0v) is 10.5. The van der Waals surface area contributed by atoms with Crippen molar-refractivity contribution in [1.29, 1.82) is 0 Å². The van der Waals surface area contributed by atoms with Gasteiger partial charge in [-0.25, -0.2) is 0 Å². The van der Waals surface area contributed by atoms with Gasteiger partial charge in [0.2, 0.25) is 5.91 Å². The summed E-state index contributed by atoms with van der Waals surface area (Å²) in [4.78, 5) is 15.4. The molecule has 0 unspecified atom stereocenters. The number of carbonyl (C=O) groups is 1. The number of methoxy groups -OCH3 is 1. The van der Waals surface area contributed by atoms with Crippen molar-refractivity contribution >= 4 is 5.91 Å². The van der Waals surface area contributed by atoms with Crippen LogP contribution in [0.5, 0.6) is 0 Å². The molecule has 90 valence electrons. The van der Waals surface area contributed by atoms with E-state index in [2.05, 4.69) is 18.7 Å². The Hall–Kier alpha value is -0.610. The maximum atomic E-state index is 11.3. The molecule has 0 aromatic carbocycles. The van der Waals surface area contributed by atoms with Gasteiger partial charge in [-0.3, -0.25) is 4.79 Å². The van der Waals surface area contributed by atoms with Crippen molar-refractivity contribution in [2.75, 3.05) is 46.4 Å². The van der Waals surface area contributed by atoms with E-state index in [0.29, 0.717) is 13.2 Å². The normalized spacial score (nSPS) is 10.7. The monoisotopic (exact) mass is 216 g/mol. The number of amides is 1. The van der Waals surface area contributed by atoms with E-state index < -0.39 is 0 Å². The van der Waals surface area contributed by atoms with Crippen LogP contribution in [0.1, 0.15) is 20.8 Å². The lowest BCUT2D eigenvalue weighted by Crippen LogP contribution is -2.39. The summed E-state index contributed by atoms with van der Waals surface area (Å²) < 4.78 is 4.97. The summed E-state index contributed by atoms with van der Waals surface area (Å²) >= 11 is 0. The highest BCUT2D eigenvalue weighted by atomic mass is 16.5. The van der Waals surface area contributed by atoms with Crippen LogP contribution in [0.2, 0.25) is 0 Å². The molecule has 0 rings (SSSR count). The highest BCUT2D eigenvalue weighted by Crippen LogP contribution is 1.93. The van der Waals surface area contributed by atoms with Crippen LogP contribution < -0.4 is 0 Å². The van der Waals surface area contributed by atoms with E-state index in [4.69, 9.17) is 4.74 Å². The molecule has 0 radical (unpaired) electrons. The first-order chi connectivity index (χ1) is 7.15. The summed E-state index contributed by atoms with van der Waals surface area (Å²) in [5.41, 5.74) is 0. The van der Waals surface area contributed by atoms with E-state index >= 15 is 0 Å². The number of nitrogens with zero attached hydrogens (tertiary/aromatic N) is 2. The Labute approximate surface area is 93.2 Å². The molecule has 0 heterocycles. The van der Waals surface area contributed by atoms with Crippen molar-refractivity contribution in [1.82, 2.24) is 9.80 Å². The molecule has 0 saturated carbocycles. The number of rotatable bonds is 8. The van der Waals surface area contributed by atoms with Crippen LogP contribution in [-0.2, 0) is 9.53 Å². The number of hydrogen-bond acceptors (Lipinski definition) is 3. The number of carbonyl (C=O) groups excluding carboxylic acids is 1. The minimum Gasteiger partial charge on any atom is -0.383 e. The average Bonchev–Trinajstić information content (AvgIpc) is 2.23. The van der Waals surface area contributed by atoms with Crippen molar-refractivity contribution in [2.45, 2.75) is 20.8 Å². The molecule has 1 amide bonds. The van der Waals surface area contributed by atoms with Gasteiger partial charge < -0.3 is 14.5 Å². The third-order valence-electron chi connectivity index (χ3n) is 2.59. The topological polar surface area (TPSA) is 32.8 Å². The van der Waals surface area contributed by atoms with Crippen molar-refractivity contribution in [3.8, 4) is 0 Å². The molecule has 0 atom stereocenters. The second kappa shape index (κ2) is 8.68. The van der Waals surface area contributed by atoms with Crippen LogP contribution in [0, 0.1) is 0 Å². The highest BCUT2D eigenvalue weighted by Gasteiger charge is 2.09. The van der Waals surface area contributed by atoms with E-state index in [1.54, 1.807) is 14.0 Å². The first kappa shape index (κ1) is 14.4. The van der Waals surface area contributed by atoms with Gasteiger partial charge in [0.15, 0.2) is 0 Å². The van der Waals surface area contributed by atoms with Crippen molar-refractivity contribution in [3.63, 3.8) is 0 Å². The summed E-state index contributed by atoms with van der Waals surface area (Å²) in [5.74, 6) is 0.124. The zero-order chi connectivity index (χ0) is 11.7. The third kappa shape index (κ3) is 6.47. The summed E-state index contributed by atoms with van der Waals surface area (Å²) in [7, 11) is 1.66. The number of hydrogen-bond donors (Lipinski definition) is 0. The molecular formula is C11H24N2O2. The first-order valence-electron chi connectivity index (χ1n) is 5.62. The van der Waals surface area contributed by atoms with Gasteiger partial charge in [0.05, 0.1) is 6.61 Å². The van der Waals surface area contributed by atoms with E-state index in [1.165, 1.54) is 0 Å². The van der Waals surface area contributed by atoms with Gasteiger partial charge in [-0.15, -0.1) is 0 Å². The van der Waals surface area contributed by atoms with Crippen molar-refractivity contribution in [3.05, 3.63) is 0 Å². The lowest BCUT2D eigenvalue weighted by atomic mass is 10.4. The standard InChI is InChI=1S/C11H24N2O2/c1-5-12(6-2)7-8-13(11(3)14)9-10-15-4/h5-10H2,1-4H3. The van der Waals surface area contributed by atoms with Gasteiger partial charge in [0.1, 0.15) is 0 Å². The maximum absolute atomic E-state index is 11.3. The Kier molecular flexibility index (Phi) is 8.33. The molecule has 0 fully saturated rings. The lowest BCUT2D eigenvalue weighted by Gasteiger charge is -2.25. The molecule has 4 nitrogen and oxygen atoms in total. The van der Waals surface area contributed by atoms with Crippen LogP contribution in [0.15, 0.2) is 0 Å². The summed E-state index contributed by atoms with van der Waals surface area (Å²) in [6, 6.07) is 0. The van der Waals surface area contributed by atoms with Gasteiger partial charge in [-0.05, 0) is 13.1 Å². The van der Waals surface area contributed by atoms with Crippen LogP contribution in [0.25, 0.3) is 0 Å². The molecule has 15 heavy (non-hydrogen) atoms. The van der Waals surface area contributed by atoms with Crippen LogP contribution in [0.4, 0.5) is 0 Å². The SMILES string of the molecule is CCN(CC)CCN(CCOC)C(C)=O. The molecule has 0 spiro atoms.